The number of methoxy groups -OCH3 is 1. The molecule has 3 aromatic rings. The molecule has 0 atom stereocenters. The molecular formula is C21H22N4O4S. The lowest BCUT2D eigenvalue weighted by atomic mass is 10.0. The number of carbonyl (C=O) groups excluding carboxylic acids is 1. The van der Waals surface area contributed by atoms with Crippen LogP contribution >= 0.6 is 0 Å². The molecule has 30 heavy (non-hydrogen) atoms. The van der Waals surface area contributed by atoms with Crippen molar-refractivity contribution in [1.82, 2.24) is 14.1 Å². The Morgan fingerprint density at radius 2 is 1.90 bits per heavy atom. The first kappa shape index (κ1) is 20.1. The maximum atomic E-state index is 13.0. The van der Waals surface area contributed by atoms with Crippen LogP contribution in [0.5, 0.6) is 5.88 Å². The Balaban J connectivity index is 1.55. The van der Waals surface area contributed by atoms with E-state index < -0.39 is 10.0 Å². The normalized spacial score (nSPS) is 14.2. The molecule has 0 saturated heterocycles. The van der Waals surface area contributed by atoms with Gasteiger partial charge in [0.05, 0.1) is 12.0 Å². The van der Waals surface area contributed by atoms with Crippen LogP contribution in [0.25, 0.3) is 0 Å². The van der Waals surface area contributed by atoms with E-state index in [0.717, 1.165) is 11.1 Å². The lowest BCUT2D eigenvalue weighted by molar-refractivity contribution is 0.102. The monoisotopic (exact) mass is 426 g/mol. The molecule has 0 aliphatic carbocycles. The highest BCUT2D eigenvalue weighted by atomic mass is 32.2. The van der Waals surface area contributed by atoms with Gasteiger partial charge in [-0.25, -0.2) is 8.42 Å². The van der Waals surface area contributed by atoms with Gasteiger partial charge in [-0.05, 0) is 41.8 Å². The summed E-state index contributed by atoms with van der Waals surface area (Å²) in [6.45, 7) is 0.676. The third-order valence-electron chi connectivity index (χ3n) is 5.06. The molecule has 2 aromatic carbocycles. The minimum absolute atomic E-state index is 0.244. The lowest BCUT2D eigenvalue weighted by Gasteiger charge is -2.28. The zero-order valence-corrected chi connectivity index (χ0v) is 17.5. The standard InChI is InChI=1S/C21H22N4O4S/c1-24-14-19(21(23-24)29-2)20(26)22-17-9-8-15-10-11-25(13-16(15)12-17)30(27,28)18-6-4-3-5-7-18/h3-9,12,14H,10-11,13H2,1-2H3,(H,22,26). The van der Waals surface area contributed by atoms with Crippen molar-refractivity contribution in [2.75, 3.05) is 19.0 Å². The number of rotatable bonds is 5. The second kappa shape index (κ2) is 7.92. The first-order valence-electron chi connectivity index (χ1n) is 9.44. The predicted molar refractivity (Wildman–Crippen MR) is 112 cm³/mol. The quantitative estimate of drug-likeness (QED) is 0.676. The van der Waals surface area contributed by atoms with Crippen LogP contribution in [0.15, 0.2) is 59.6 Å². The maximum Gasteiger partial charge on any atom is 0.262 e. The van der Waals surface area contributed by atoms with Gasteiger partial charge < -0.3 is 10.1 Å². The average Bonchev–Trinajstić information content (AvgIpc) is 3.15. The Bertz CT molecular complexity index is 1190. The van der Waals surface area contributed by atoms with Gasteiger partial charge in [-0.2, -0.15) is 4.31 Å². The summed E-state index contributed by atoms with van der Waals surface area (Å²) in [5, 5.41) is 6.93. The maximum absolute atomic E-state index is 13.0. The van der Waals surface area contributed by atoms with Gasteiger partial charge in [-0.1, -0.05) is 24.3 Å². The fourth-order valence-electron chi connectivity index (χ4n) is 3.53. The van der Waals surface area contributed by atoms with Crippen LogP contribution in [0.3, 0.4) is 0 Å². The van der Waals surface area contributed by atoms with Crippen molar-refractivity contribution in [2.45, 2.75) is 17.9 Å². The SMILES string of the molecule is COc1nn(C)cc1C(=O)Nc1ccc2c(c1)CN(S(=O)(=O)c1ccccc1)CC2. The first-order valence-corrected chi connectivity index (χ1v) is 10.9. The van der Waals surface area contributed by atoms with E-state index in [1.165, 1.54) is 16.1 Å². The number of benzene rings is 2. The number of fused-ring (bicyclic) bond motifs is 1. The van der Waals surface area contributed by atoms with Crippen molar-refractivity contribution < 1.29 is 17.9 Å². The van der Waals surface area contributed by atoms with Crippen LogP contribution in [-0.4, -0.2) is 42.1 Å². The summed E-state index contributed by atoms with van der Waals surface area (Å²) in [6, 6.07) is 14.0. The molecule has 1 amide bonds. The summed E-state index contributed by atoms with van der Waals surface area (Å²) in [7, 11) is -0.405. The topological polar surface area (TPSA) is 93.5 Å². The summed E-state index contributed by atoms with van der Waals surface area (Å²) in [5.41, 5.74) is 2.86. The number of aryl methyl sites for hydroxylation is 1. The van der Waals surface area contributed by atoms with E-state index >= 15 is 0 Å². The Kier molecular flexibility index (Phi) is 5.31. The molecule has 0 radical (unpaired) electrons. The van der Waals surface area contributed by atoms with Gasteiger partial charge >= 0.3 is 0 Å². The van der Waals surface area contributed by atoms with Crippen molar-refractivity contribution in [3.8, 4) is 5.88 Å². The van der Waals surface area contributed by atoms with Crippen LogP contribution in [0, 0.1) is 0 Å². The van der Waals surface area contributed by atoms with Crippen molar-refractivity contribution >= 4 is 21.6 Å². The van der Waals surface area contributed by atoms with Crippen LogP contribution in [0.1, 0.15) is 21.5 Å². The molecule has 9 heteroatoms. The molecule has 156 valence electrons. The molecular weight excluding hydrogens is 404 g/mol. The predicted octanol–water partition coefficient (Wildman–Crippen LogP) is 2.43. The summed E-state index contributed by atoms with van der Waals surface area (Å²) in [4.78, 5) is 12.9. The molecule has 0 fully saturated rings. The molecule has 0 unspecified atom stereocenters. The summed E-state index contributed by atoms with van der Waals surface area (Å²) >= 11 is 0. The number of ether oxygens (including phenoxy) is 1. The first-order chi connectivity index (χ1) is 14.4. The number of carbonyl (C=O) groups is 1. The highest BCUT2D eigenvalue weighted by Gasteiger charge is 2.28. The largest absolute Gasteiger partial charge is 0.479 e. The zero-order valence-electron chi connectivity index (χ0n) is 16.7. The molecule has 0 saturated carbocycles. The molecule has 2 heterocycles. The number of nitrogens with zero attached hydrogens (tertiary/aromatic N) is 3. The minimum Gasteiger partial charge on any atom is -0.479 e. The molecule has 8 nitrogen and oxygen atoms in total. The molecule has 4 rings (SSSR count). The third kappa shape index (κ3) is 3.81. The minimum atomic E-state index is -3.57. The van der Waals surface area contributed by atoms with Gasteiger partial charge in [0.1, 0.15) is 5.56 Å². The second-order valence-electron chi connectivity index (χ2n) is 7.06. The number of hydrogen-bond donors (Lipinski definition) is 1. The van der Waals surface area contributed by atoms with E-state index in [2.05, 4.69) is 10.4 Å². The number of aromatic nitrogens is 2. The average molecular weight is 426 g/mol. The van der Waals surface area contributed by atoms with Gasteiger partial charge in [0, 0.05) is 32.0 Å². The summed E-state index contributed by atoms with van der Waals surface area (Å²) < 4.78 is 34.0. The number of sulfonamides is 1. The molecule has 1 aromatic heterocycles. The highest BCUT2D eigenvalue weighted by Crippen LogP contribution is 2.27. The Morgan fingerprint density at radius 3 is 2.63 bits per heavy atom. The molecule has 1 aliphatic heterocycles. The van der Waals surface area contributed by atoms with Gasteiger partial charge in [-0.3, -0.25) is 9.48 Å². The highest BCUT2D eigenvalue weighted by molar-refractivity contribution is 7.89. The summed E-state index contributed by atoms with van der Waals surface area (Å²) in [6.07, 6.45) is 2.20. The smallest absolute Gasteiger partial charge is 0.262 e. The Morgan fingerprint density at radius 1 is 1.13 bits per heavy atom. The lowest BCUT2D eigenvalue weighted by Crippen LogP contribution is -2.36. The van der Waals surface area contributed by atoms with Crippen LogP contribution < -0.4 is 10.1 Å². The van der Waals surface area contributed by atoms with Crippen LogP contribution in [-0.2, 0) is 30.0 Å². The van der Waals surface area contributed by atoms with Crippen molar-refractivity contribution in [3.63, 3.8) is 0 Å². The molecule has 1 N–H and O–H groups in total. The van der Waals surface area contributed by atoms with E-state index in [-0.39, 0.29) is 23.2 Å². The third-order valence-corrected chi connectivity index (χ3v) is 6.91. The van der Waals surface area contributed by atoms with E-state index in [9.17, 15) is 13.2 Å². The fourth-order valence-corrected chi connectivity index (χ4v) is 4.97. The number of amides is 1. The van der Waals surface area contributed by atoms with Crippen molar-refractivity contribution in [1.29, 1.82) is 0 Å². The van der Waals surface area contributed by atoms with E-state index in [0.29, 0.717) is 24.2 Å². The van der Waals surface area contributed by atoms with Gasteiger partial charge in [0.15, 0.2) is 0 Å². The number of anilines is 1. The van der Waals surface area contributed by atoms with E-state index in [1.807, 2.05) is 18.2 Å². The Hall–Kier alpha value is -3.17. The zero-order chi connectivity index (χ0) is 21.3. The van der Waals surface area contributed by atoms with Gasteiger partial charge in [-0.15, -0.1) is 5.10 Å². The van der Waals surface area contributed by atoms with Gasteiger partial charge in [0.2, 0.25) is 15.9 Å². The van der Waals surface area contributed by atoms with Gasteiger partial charge in [0.25, 0.3) is 5.91 Å². The van der Waals surface area contributed by atoms with E-state index in [1.54, 1.807) is 43.6 Å². The molecule has 0 bridgehead atoms. The van der Waals surface area contributed by atoms with E-state index in [4.69, 9.17) is 4.74 Å². The summed E-state index contributed by atoms with van der Waals surface area (Å²) in [5.74, 6) is -0.0995. The number of nitrogens with one attached hydrogen (secondary N) is 1. The van der Waals surface area contributed by atoms with Crippen LogP contribution in [0.4, 0.5) is 5.69 Å². The molecule has 0 spiro atoms. The molecule has 1 aliphatic rings. The Labute approximate surface area is 175 Å². The second-order valence-corrected chi connectivity index (χ2v) is 9.00. The van der Waals surface area contributed by atoms with Crippen molar-refractivity contribution in [2.24, 2.45) is 7.05 Å². The van der Waals surface area contributed by atoms with Crippen LogP contribution in [0.2, 0.25) is 0 Å². The fraction of sp³-hybridized carbons (Fsp3) is 0.238. The number of hydrogen-bond acceptors (Lipinski definition) is 5. The van der Waals surface area contributed by atoms with Crippen molar-refractivity contribution in [3.05, 3.63) is 71.4 Å².